The third kappa shape index (κ3) is 12.7. The number of hydrogen-bond donors (Lipinski definition) is 0. The molecule has 0 saturated heterocycles. The van der Waals surface area contributed by atoms with E-state index < -0.39 is 0 Å². The van der Waals surface area contributed by atoms with E-state index in [0.29, 0.717) is 35.1 Å². The van der Waals surface area contributed by atoms with Gasteiger partial charge in [0.05, 0.1) is 11.4 Å². The van der Waals surface area contributed by atoms with Crippen molar-refractivity contribution in [1.82, 2.24) is 0 Å². The highest BCUT2D eigenvalue weighted by Crippen LogP contribution is 2.67. The Kier molecular flexibility index (Phi) is 17.5. The van der Waals surface area contributed by atoms with Crippen molar-refractivity contribution >= 4 is 23.3 Å². The van der Waals surface area contributed by atoms with Gasteiger partial charge in [0.1, 0.15) is 11.9 Å². The molecular formula is C54H80N2O4. The van der Waals surface area contributed by atoms with Crippen LogP contribution in [0.5, 0.6) is 5.75 Å². The van der Waals surface area contributed by atoms with Gasteiger partial charge in [0, 0.05) is 19.3 Å². The lowest BCUT2D eigenvalue weighted by atomic mass is 9.47. The minimum Gasteiger partial charge on any atom is -0.462 e. The van der Waals surface area contributed by atoms with Crippen LogP contribution in [0.15, 0.2) is 76.5 Å². The van der Waals surface area contributed by atoms with Crippen molar-refractivity contribution in [3.05, 3.63) is 66.2 Å². The van der Waals surface area contributed by atoms with Gasteiger partial charge in [0.25, 0.3) is 0 Å². The molecule has 0 aromatic heterocycles. The van der Waals surface area contributed by atoms with Gasteiger partial charge in [-0.2, -0.15) is 10.2 Å². The largest absolute Gasteiger partial charge is 0.462 e. The van der Waals surface area contributed by atoms with Crippen LogP contribution in [-0.2, 0) is 14.3 Å². The molecule has 4 aliphatic carbocycles. The van der Waals surface area contributed by atoms with Gasteiger partial charge < -0.3 is 9.47 Å². The van der Waals surface area contributed by atoms with E-state index in [1.165, 1.54) is 96.3 Å². The quantitative estimate of drug-likeness (QED) is 0.0368. The average Bonchev–Trinajstić information content (AvgIpc) is 3.60. The first-order chi connectivity index (χ1) is 29.0. The zero-order chi connectivity index (χ0) is 42.4. The van der Waals surface area contributed by atoms with Gasteiger partial charge in [-0.3, -0.25) is 9.59 Å². The maximum Gasteiger partial charge on any atom is 0.311 e. The van der Waals surface area contributed by atoms with Crippen molar-refractivity contribution in [1.29, 1.82) is 0 Å². The molecule has 0 aliphatic heterocycles. The second-order valence-electron chi connectivity index (χ2n) is 20.5. The molecule has 330 valence electrons. The van der Waals surface area contributed by atoms with E-state index in [4.69, 9.17) is 9.47 Å². The van der Waals surface area contributed by atoms with Gasteiger partial charge in [-0.05, 0) is 141 Å². The molecular weight excluding hydrogens is 741 g/mol. The highest BCUT2D eigenvalue weighted by atomic mass is 16.5. The molecule has 6 heteroatoms. The fourth-order valence-corrected chi connectivity index (χ4v) is 12.5. The van der Waals surface area contributed by atoms with Crippen molar-refractivity contribution in [3.63, 3.8) is 0 Å². The summed E-state index contributed by atoms with van der Waals surface area (Å²) in [6, 6.07) is 16.7. The SMILES string of the molecule is CC(C)CCC[C@@H](C)[C@H]1CC[C@H]2[C@@H]3CC=C4C[C@@H](OC(=O)CCCCCCCCCCCCCC(=O)Oc5ccc(N=Nc6ccccc6)cc5)CC[C@]4(C)[C@H]3CC[C@]12C. The summed E-state index contributed by atoms with van der Waals surface area (Å²) in [7, 11) is 0. The van der Waals surface area contributed by atoms with Crippen molar-refractivity contribution in [2.75, 3.05) is 0 Å². The predicted molar refractivity (Wildman–Crippen MR) is 246 cm³/mol. The Bertz CT molecular complexity index is 1680. The summed E-state index contributed by atoms with van der Waals surface area (Å²) in [5, 5.41) is 8.45. The molecule has 0 spiro atoms. The fraction of sp³-hybridized carbons (Fsp3) is 0.704. The molecule has 0 unspecified atom stereocenters. The summed E-state index contributed by atoms with van der Waals surface area (Å²) in [6.45, 7) is 12.6. The maximum atomic E-state index is 12.9. The van der Waals surface area contributed by atoms with Crippen LogP contribution in [0.2, 0.25) is 0 Å². The molecule has 8 atom stereocenters. The van der Waals surface area contributed by atoms with E-state index in [-0.39, 0.29) is 18.0 Å². The molecule has 6 rings (SSSR count). The second-order valence-corrected chi connectivity index (χ2v) is 20.5. The van der Waals surface area contributed by atoms with E-state index in [1.807, 2.05) is 30.3 Å². The zero-order valence-electron chi connectivity index (χ0n) is 38.3. The molecule has 2 aromatic carbocycles. The normalized spacial score (nSPS) is 27.8. The summed E-state index contributed by atoms with van der Waals surface area (Å²) in [5.41, 5.74) is 3.97. The molecule has 0 radical (unpaired) electrons. The number of allylic oxidation sites excluding steroid dienone is 1. The molecule has 0 N–H and O–H groups in total. The van der Waals surface area contributed by atoms with Crippen molar-refractivity contribution in [3.8, 4) is 5.75 Å². The lowest BCUT2D eigenvalue weighted by Gasteiger charge is -2.58. The predicted octanol–water partition coefficient (Wildman–Crippen LogP) is 16.0. The summed E-state index contributed by atoms with van der Waals surface area (Å²) < 4.78 is 11.7. The number of nitrogens with zero attached hydrogens (tertiary/aromatic N) is 2. The number of azo groups is 1. The van der Waals surface area contributed by atoms with Crippen LogP contribution in [0.25, 0.3) is 0 Å². The van der Waals surface area contributed by atoms with E-state index in [2.05, 4.69) is 50.9 Å². The number of esters is 2. The first-order valence-electron chi connectivity index (χ1n) is 24.7. The standard InChI is InChI=1S/C54H80N2O4/c1-40(2)21-20-22-41(3)48-33-34-49-47-32-27-42-39-46(35-37-53(42,4)50(47)36-38-54(48,49)5)60-52(58)26-19-14-12-10-8-6-7-9-11-13-18-25-51(57)59-45-30-28-44(29-31-45)56-55-43-23-16-15-17-24-43/h15-17,23-24,27-31,40-41,46-50H,6-14,18-22,25-26,32-39H2,1-5H3/t41-,46+,47+,48-,49+,50+,53+,54-/m1/s1. The van der Waals surface area contributed by atoms with E-state index in [9.17, 15) is 9.59 Å². The Morgan fingerprint density at radius 2 is 1.28 bits per heavy atom. The van der Waals surface area contributed by atoms with Crippen molar-refractivity contribution in [2.45, 2.75) is 195 Å². The third-order valence-electron chi connectivity index (χ3n) is 15.9. The Labute approximate surface area is 364 Å². The fourth-order valence-electron chi connectivity index (χ4n) is 12.5. The van der Waals surface area contributed by atoms with Crippen LogP contribution in [0, 0.1) is 46.3 Å². The number of carbonyl (C=O) groups excluding carboxylic acids is 2. The Hall–Kier alpha value is -3.28. The third-order valence-corrected chi connectivity index (χ3v) is 15.9. The topological polar surface area (TPSA) is 77.3 Å². The van der Waals surface area contributed by atoms with Gasteiger partial charge in [-0.25, -0.2) is 0 Å². The van der Waals surface area contributed by atoms with Crippen molar-refractivity contribution < 1.29 is 19.1 Å². The number of rotatable bonds is 23. The van der Waals surface area contributed by atoms with Gasteiger partial charge in [-0.1, -0.05) is 142 Å². The molecule has 60 heavy (non-hydrogen) atoms. The van der Waals surface area contributed by atoms with Crippen LogP contribution < -0.4 is 4.74 Å². The molecule has 3 saturated carbocycles. The summed E-state index contributed by atoms with van der Waals surface area (Å²) in [6.07, 6.45) is 30.7. The number of hydrogen-bond acceptors (Lipinski definition) is 6. The molecule has 0 bridgehead atoms. The monoisotopic (exact) mass is 821 g/mol. The minimum atomic E-state index is -0.181. The number of fused-ring (bicyclic) bond motifs is 5. The molecule has 2 aromatic rings. The van der Waals surface area contributed by atoms with Gasteiger partial charge in [0.15, 0.2) is 0 Å². The zero-order valence-corrected chi connectivity index (χ0v) is 38.3. The molecule has 4 aliphatic rings. The van der Waals surface area contributed by atoms with Crippen LogP contribution >= 0.6 is 0 Å². The average molecular weight is 821 g/mol. The van der Waals surface area contributed by atoms with Crippen LogP contribution in [0.3, 0.4) is 0 Å². The van der Waals surface area contributed by atoms with Gasteiger partial charge in [0.2, 0.25) is 0 Å². The number of ether oxygens (including phenoxy) is 2. The number of carbonyl (C=O) groups is 2. The molecule has 3 fully saturated rings. The van der Waals surface area contributed by atoms with Crippen LogP contribution in [-0.4, -0.2) is 18.0 Å². The minimum absolute atomic E-state index is 0.0240. The van der Waals surface area contributed by atoms with E-state index >= 15 is 0 Å². The molecule has 0 amide bonds. The smallest absolute Gasteiger partial charge is 0.311 e. The first-order valence-corrected chi connectivity index (χ1v) is 24.7. The van der Waals surface area contributed by atoms with Crippen LogP contribution in [0.4, 0.5) is 11.4 Å². The second kappa shape index (κ2) is 22.7. The van der Waals surface area contributed by atoms with Gasteiger partial charge in [-0.15, -0.1) is 0 Å². The van der Waals surface area contributed by atoms with E-state index in [0.717, 1.165) is 86.1 Å². The highest BCUT2D eigenvalue weighted by Gasteiger charge is 2.59. The van der Waals surface area contributed by atoms with Crippen molar-refractivity contribution in [2.24, 2.45) is 56.6 Å². The Morgan fingerprint density at radius 3 is 1.93 bits per heavy atom. The van der Waals surface area contributed by atoms with Crippen LogP contribution in [0.1, 0.15) is 189 Å². The number of benzene rings is 2. The first kappa shape index (κ1) is 46.2. The Balaban J connectivity index is 0.768. The highest BCUT2D eigenvalue weighted by molar-refractivity contribution is 5.72. The maximum absolute atomic E-state index is 12.9. The summed E-state index contributed by atoms with van der Waals surface area (Å²) in [4.78, 5) is 25.2. The van der Waals surface area contributed by atoms with Gasteiger partial charge >= 0.3 is 11.9 Å². The Morgan fingerprint density at radius 1 is 0.667 bits per heavy atom. The number of unbranched alkanes of at least 4 members (excludes halogenated alkanes) is 10. The lowest BCUT2D eigenvalue weighted by molar-refractivity contribution is -0.151. The summed E-state index contributed by atoms with van der Waals surface area (Å²) >= 11 is 0. The summed E-state index contributed by atoms with van der Waals surface area (Å²) in [5.74, 6) is 5.53. The van der Waals surface area contributed by atoms with E-state index in [1.54, 1.807) is 29.8 Å². The lowest BCUT2D eigenvalue weighted by Crippen LogP contribution is -2.51. The molecule has 0 heterocycles. The molecule has 6 nitrogen and oxygen atoms in total.